The third-order valence-electron chi connectivity index (χ3n) is 4.76. The molecule has 2 nitrogen and oxygen atoms in total. The highest BCUT2D eigenvalue weighted by Gasteiger charge is 2.32. The molecule has 4 heteroatoms. The first-order chi connectivity index (χ1) is 9.60. The highest BCUT2D eigenvalue weighted by molar-refractivity contribution is 9.09. The third-order valence-corrected chi connectivity index (χ3v) is 6.91. The van der Waals surface area contributed by atoms with E-state index in [9.17, 15) is 4.79 Å². The first-order valence-corrected chi connectivity index (χ1v) is 10.3. The molecule has 1 aliphatic rings. The summed E-state index contributed by atoms with van der Waals surface area (Å²) in [5.41, 5.74) is -0.129. The van der Waals surface area contributed by atoms with Crippen LogP contribution >= 0.6 is 31.9 Å². The molecule has 0 atom stereocenters. The van der Waals surface area contributed by atoms with E-state index in [0.29, 0.717) is 0 Å². The number of amides is 1. The van der Waals surface area contributed by atoms with Crippen LogP contribution in [-0.2, 0) is 4.79 Å². The summed E-state index contributed by atoms with van der Waals surface area (Å²) in [6.45, 7) is 4.38. The molecular weight excluding hydrogens is 382 g/mol. The largest absolute Gasteiger partial charge is 0.349 e. The minimum absolute atomic E-state index is 0.129. The monoisotopic (exact) mass is 409 g/mol. The van der Waals surface area contributed by atoms with Gasteiger partial charge < -0.3 is 5.32 Å². The van der Waals surface area contributed by atoms with Crippen molar-refractivity contribution in [2.75, 3.05) is 10.7 Å². The molecule has 1 aliphatic carbocycles. The van der Waals surface area contributed by atoms with E-state index in [0.717, 1.165) is 35.8 Å². The van der Waals surface area contributed by atoms with Gasteiger partial charge in [0.25, 0.3) is 0 Å². The predicted octanol–water partition coefficient (Wildman–Crippen LogP) is 5.04. The first-order valence-electron chi connectivity index (χ1n) is 8.04. The van der Waals surface area contributed by atoms with Crippen molar-refractivity contribution in [3.05, 3.63) is 0 Å². The molecule has 0 unspecified atom stereocenters. The van der Waals surface area contributed by atoms with Crippen LogP contribution in [0.2, 0.25) is 0 Å². The van der Waals surface area contributed by atoms with Crippen LogP contribution in [0.5, 0.6) is 0 Å². The van der Waals surface area contributed by atoms with E-state index >= 15 is 0 Å². The number of rotatable bonds is 8. The van der Waals surface area contributed by atoms with Crippen LogP contribution < -0.4 is 5.32 Å². The van der Waals surface area contributed by atoms with Crippen molar-refractivity contribution in [1.29, 1.82) is 0 Å². The Kier molecular flexibility index (Phi) is 8.73. The fraction of sp³-hybridized carbons (Fsp3) is 0.938. The molecule has 0 radical (unpaired) electrons. The molecule has 0 aromatic rings. The number of alkyl halides is 2. The van der Waals surface area contributed by atoms with Gasteiger partial charge in [-0.15, -0.1) is 0 Å². The summed E-state index contributed by atoms with van der Waals surface area (Å²) in [6.07, 6.45) is 9.55. The first kappa shape index (κ1) is 18.5. The second-order valence-electron chi connectivity index (χ2n) is 6.25. The van der Waals surface area contributed by atoms with E-state index in [4.69, 9.17) is 0 Å². The zero-order chi connectivity index (χ0) is 15.0. The normalized spacial score (nSPS) is 23.6. The molecule has 0 aromatic carbocycles. The molecule has 1 saturated carbocycles. The van der Waals surface area contributed by atoms with Gasteiger partial charge in [-0.3, -0.25) is 4.79 Å². The molecule has 1 N–H and O–H groups in total. The van der Waals surface area contributed by atoms with Crippen molar-refractivity contribution in [3.8, 4) is 0 Å². The van der Waals surface area contributed by atoms with Gasteiger partial charge in [0.05, 0.1) is 5.54 Å². The molecule has 118 valence electrons. The number of unbranched alkanes of at least 4 members (excludes halogenated alkanes) is 1. The second-order valence-corrected chi connectivity index (χ2v) is 7.37. The van der Waals surface area contributed by atoms with E-state index in [1.807, 2.05) is 0 Å². The van der Waals surface area contributed by atoms with Crippen molar-refractivity contribution in [2.24, 2.45) is 11.8 Å². The lowest BCUT2D eigenvalue weighted by molar-refractivity contribution is -0.127. The summed E-state index contributed by atoms with van der Waals surface area (Å²) in [6, 6.07) is 0. The van der Waals surface area contributed by atoms with Crippen LogP contribution in [0.3, 0.4) is 0 Å². The lowest BCUT2D eigenvalue weighted by Gasteiger charge is -2.34. The van der Waals surface area contributed by atoms with Crippen molar-refractivity contribution >= 4 is 37.8 Å². The van der Waals surface area contributed by atoms with Gasteiger partial charge in [-0.05, 0) is 38.0 Å². The summed E-state index contributed by atoms with van der Waals surface area (Å²) >= 11 is 7.08. The fourth-order valence-corrected chi connectivity index (χ4v) is 4.95. The minimum Gasteiger partial charge on any atom is -0.349 e. The summed E-state index contributed by atoms with van der Waals surface area (Å²) in [7, 11) is 0. The molecule has 1 rings (SSSR count). The fourth-order valence-electron chi connectivity index (χ4n) is 2.95. The van der Waals surface area contributed by atoms with Crippen LogP contribution in [0.4, 0.5) is 0 Å². The lowest BCUT2D eigenvalue weighted by Crippen LogP contribution is -2.53. The number of halogens is 2. The quantitative estimate of drug-likeness (QED) is 0.558. The lowest BCUT2D eigenvalue weighted by atomic mass is 9.79. The number of carbonyl (C=O) groups is 1. The van der Waals surface area contributed by atoms with Crippen LogP contribution in [0.1, 0.15) is 65.2 Å². The summed E-state index contributed by atoms with van der Waals surface area (Å²) in [4.78, 5) is 12.5. The van der Waals surface area contributed by atoms with Gasteiger partial charge in [-0.1, -0.05) is 65.0 Å². The Balaban J connectivity index is 2.42. The van der Waals surface area contributed by atoms with Crippen LogP contribution in [0, 0.1) is 11.8 Å². The summed E-state index contributed by atoms with van der Waals surface area (Å²) in [5, 5.41) is 4.88. The maximum Gasteiger partial charge on any atom is 0.223 e. The van der Waals surface area contributed by atoms with Gasteiger partial charge in [0.1, 0.15) is 0 Å². The minimum atomic E-state index is -0.129. The van der Waals surface area contributed by atoms with E-state index in [1.165, 1.54) is 32.1 Å². The Bertz CT molecular complexity index is 276. The number of carbonyl (C=O) groups excluding carboxylic acids is 1. The van der Waals surface area contributed by atoms with Crippen molar-refractivity contribution in [3.63, 3.8) is 0 Å². The van der Waals surface area contributed by atoms with Crippen LogP contribution in [0.25, 0.3) is 0 Å². The van der Waals surface area contributed by atoms with Gasteiger partial charge in [0.2, 0.25) is 5.91 Å². The van der Waals surface area contributed by atoms with E-state index < -0.39 is 0 Å². The molecular formula is C16H29Br2NO. The van der Waals surface area contributed by atoms with Gasteiger partial charge in [0, 0.05) is 16.6 Å². The Labute approximate surface area is 141 Å². The maximum atomic E-state index is 12.5. The zero-order valence-corrected chi connectivity index (χ0v) is 16.1. The van der Waals surface area contributed by atoms with E-state index in [-0.39, 0.29) is 17.4 Å². The average Bonchev–Trinajstić information content (AvgIpc) is 2.51. The van der Waals surface area contributed by atoms with Crippen LogP contribution in [-0.4, -0.2) is 22.1 Å². The van der Waals surface area contributed by atoms with Gasteiger partial charge in [-0.2, -0.15) is 0 Å². The van der Waals surface area contributed by atoms with Crippen molar-refractivity contribution < 1.29 is 4.79 Å². The number of hydrogen-bond donors (Lipinski definition) is 1. The summed E-state index contributed by atoms with van der Waals surface area (Å²) < 4.78 is 0. The van der Waals surface area contributed by atoms with Crippen molar-refractivity contribution in [2.45, 2.75) is 70.8 Å². The summed E-state index contributed by atoms with van der Waals surface area (Å²) in [5.74, 6) is 1.36. The molecule has 0 heterocycles. The SMILES string of the molecule is CCCCC1CCC(C(=O)NC(CC)(CBr)CBr)CC1. The maximum absolute atomic E-state index is 12.5. The standard InChI is InChI=1S/C16H29Br2NO/c1-3-5-6-13-7-9-14(10-8-13)15(20)19-16(4-2,11-17)12-18/h13-14H,3-12H2,1-2H3,(H,19,20). The highest BCUT2D eigenvalue weighted by Crippen LogP contribution is 2.32. The smallest absolute Gasteiger partial charge is 0.223 e. The molecule has 0 spiro atoms. The van der Waals surface area contributed by atoms with E-state index in [2.05, 4.69) is 51.0 Å². The molecule has 1 fully saturated rings. The van der Waals surface area contributed by atoms with Crippen LogP contribution in [0.15, 0.2) is 0 Å². The van der Waals surface area contributed by atoms with Gasteiger partial charge in [0.15, 0.2) is 0 Å². The molecule has 0 aliphatic heterocycles. The Morgan fingerprint density at radius 1 is 1.15 bits per heavy atom. The molecule has 20 heavy (non-hydrogen) atoms. The second kappa shape index (κ2) is 9.45. The average molecular weight is 411 g/mol. The van der Waals surface area contributed by atoms with Gasteiger partial charge in [-0.25, -0.2) is 0 Å². The Hall–Kier alpha value is 0.430. The third kappa shape index (κ3) is 5.32. The van der Waals surface area contributed by atoms with Gasteiger partial charge >= 0.3 is 0 Å². The Morgan fingerprint density at radius 3 is 2.20 bits per heavy atom. The molecule has 1 amide bonds. The highest BCUT2D eigenvalue weighted by atomic mass is 79.9. The Morgan fingerprint density at radius 2 is 1.75 bits per heavy atom. The molecule has 0 saturated heterocycles. The molecule has 0 bridgehead atoms. The predicted molar refractivity (Wildman–Crippen MR) is 93.7 cm³/mol. The van der Waals surface area contributed by atoms with Crippen molar-refractivity contribution in [1.82, 2.24) is 5.32 Å². The zero-order valence-electron chi connectivity index (χ0n) is 12.9. The van der Waals surface area contributed by atoms with E-state index in [1.54, 1.807) is 0 Å². The molecule has 0 aromatic heterocycles. The number of hydrogen-bond acceptors (Lipinski definition) is 1. The topological polar surface area (TPSA) is 29.1 Å². The number of nitrogens with one attached hydrogen (secondary N) is 1.